The number of carboxylic acid groups (broad SMARTS) is 1. The zero-order chi connectivity index (χ0) is 25.4. The predicted octanol–water partition coefficient (Wildman–Crippen LogP) is -1.13. The van der Waals surface area contributed by atoms with Crippen LogP contribution in [0.5, 0.6) is 0 Å². The highest BCUT2D eigenvalue weighted by Crippen LogP contribution is 2.07. The van der Waals surface area contributed by atoms with Crippen molar-refractivity contribution in [2.45, 2.75) is 69.3 Å². The summed E-state index contributed by atoms with van der Waals surface area (Å²) in [6.07, 6.45) is 4.66. The minimum Gasteiger partial charge on any atom is -0.480 e. The number of nitrogens with one attached hydrogen (secondary N) is 3. The number of carbonyl (C=O) groups is 4. The molecule has 5 unspecified atom stereocenters. The first-order valence-corrected chi connectivity index (χ1v) is 13.6. The fourth-order valence-electron chi connectivity index (χ4n) is 2.84. The van der Waals surface area contributed by atoms with Crippen LogP contribution in [-0.4, -0.2) is 94.7 Å². The maximum atomic E-state index is 13.0. The number of thioether (sulfide) groups is 2. The number of carbonyl (C=O) groups excluding carboxylic acids is 3. The van der Waals surface area contributed by atoms with E-state index in [0.29, 0.717) is 43.7 Å². The second kappa shape index (κ2) is 17.9. The zero-order valence-corrected chi connectivity index (χ0v) is 21.2. The second-order valence-electron chi connectivity index (χ2n) is 7.64. The third-order valence-electron chi connectivity index (χ3n) is 4.84. The highest BCUT2D eigenvalue weighted by Gasteiger charge is 2.31. The van der Waals surface area contributed by atoms with Gasteiger partial charge in [-0.1, -0.05) is 0 Å². The summed E-state index contributed by atoms with van der Waals surface area (Å²) < 4.78 is 0. The number of hydrogen-bond acceptors (Lipinski definition) is 9. The molecule has 0 radical (unpaired) electrons. The van der Waals surface area contributed by atoms with Crippen molar-refractivity contribution < 1.29 is 29.4 Å². The number of aliphatic hydroxyl groups excluding tert-OH is 1. The van der Waals surface area contributed by atoms with E-state index in [1.807, 2.05) is 12.5 Å². The van der Waals surface area contributed by atoms with Crippen molar-refractivity contribution in [3.05, 3.63) is 0 Å². The van der Waals surface area contributed by atoms with Gasteiger partial charge in [-0.2, -0.15) is 23.5 Å². The SMILES string of the molecule is CSCCC(N)C(=O)NC(CCCCN)C(=O)NC(CCSC)C(=O)NC(C(=O)O)C(C)O. The van der Waals surface area contributed by atoms with Crippen LogP contribution in [0.2, 0.25) is 0 Å². The molecule has 0 saturated heterocycles. The van der Waals surface area contributed by atoms with Crippen LogP contribution in [0.1, 0.15) is 39.0 Å². The molecule has 0 heterocycles. The average Bonchev–Trinajstić information content (AvgIpc) is 2.76. The van der Waals surface area contributed by atoms with E-state index >= 15 is 0 Å². The monoisotopic (exact) mass is 509 g/mol. The van der Waals surface area contributed by atoms with Crippen LogP contribution in [0.15, 0.2) is 0 Å². The van der Waals surface area contributed by atoms with Crippen molar-refractivity contribution in [3.8, 4) is 0 Å². The quantitative estimate of drug-likeness (QED) is 0.111. The van der Waals surface area contributed by atoms with Crippen LogP contribution < -0.4 is 27.4 Å². The van der Waals surface area contributed by atoms with E-state index in [1.165, 1.54) is 18.7 Å². The van der Waals surface area contributed by atoms with Crippen molar-refractivity contribution in [3.63, 3.8) is 0 Å². The number of aliphatic carboxylic acids is 1. The zero-order valence-electron chi connectivity index (χ0n) is 19.5. The molecule has 0 spiro atoms. The molecule has 0 aliphatic rings. The van der Waals surface area contributed by atoms with Gasteiger partial charge in [0.1, 0.15) is 12.1 Å². The van der Waals surface area contributed by atoms with E-state index in [9.17, 15) is 29.4 Å². The molecule has 0 bridgehead atoms. The lowest BCUT2D eigenvalue weighted by Gasteiger charge is -2.25. The third-order valence-corrected chi connectivity index (χ3v) is 6.13. The van der Waals surface area contributed by atoms with Crippen LogP contribution in [0.3, 0.4) is 0 Å². The number of hydrogen-bond donors (Lipinski definition) is 7. The Labute approximate surface area is 203 Å². The molecule has 192 valence electrons. The van der Waals surface area contributed by atoms with Gasteiger partial charge in [0, 0.05) is 0 Å². The minimum absolute atomic E-state index is 0.238. The molecule has 13 heteroatoms. The van der Waals surface area contributed by atoms with Gasteiger partial charge >= 0.3 is 5.97 Å². The molecule has 0 aromatic rings. The minimum atomic E-state index is -1.51. The van der Waals surface area contributed by atoms with Gasteiger partial charge in [0.05, 0.1) is 12.1 Å². The molecule has 0 rings (SSSR count). The molecular formula is C20H39N5O6S2. The summed E-state index contributed by atoms with van der Waals surface area (Å²) in [6, 6.07) is -4.23. The second-order valence-corrected chi connectivity index (χ2v) is 9.61. The van der Waals surface area contributed by atoms with Gasteiger partial charge in [0.25, 0.3) is 0 Å². The number of nitrogens with two attached hydrogens (primary N) is 2. The predicted molar refractivity (Wildman–Crippen MR) is 132 cm³/mol. The first kappa shape index (κ1) is 31.5. The Kier molecular flexibility index (Phi) is 17.0. The van der Waals surface area contributed by atoms with Crippen LogP contribution in [-0.2, 0) is 19.2 Å². The van der Waals surface area contributed by atoms with Gasteiger partial charge in [-0.05, 0) is 69.6 Å². The lowest BCUT2D eigenvalue weighted by molar-refractivity contribution is -0.145. The summed E-state index contributed by atoms with van der Waals surface area (Å²) in [5.74, 6) is -1.92. The fraction of sp³-hybridized carbons (Fsp3) is 0.800. The molecule has 33 heavy (non-hydrogen) atoms. The van der Waals surface area contributed by atoms with E-state index in [4.69, 9.17) is 11.5 Å². The first-order valence-electron chi connectivity index (χ1n) is 10.8. The molecule has 0 saturated carbocycles. The van der Waals surface area contributed by atoms with Crippen molar-refractivity contribution in [2.24, 2.45) is 11.5 Å². The van der Waals surface area contributed by atoms with Gasteiger partial charge in [-0.3, -0.25) is 14.4 Å². The standard InChI is InChI=1S/C20H39N5O6S2/c1-12(26)16(20(30)31)25-19(29)15(8-11-33-3)24-18(28)14(6-4-5-9-21)23-17(27)13(22)7-10-32-2/h12-16,26H,4-11,21-22H2,1-3H3,(H,23,27)(H,24,28)(H,25,29)(H,30,31). The summed E-state index contributed by atoms with van der Waals surface area (Å²) >= 11 is 3.01. The van der Waals surface area contributed by atoms with E-state index < -0.39 is 54.0 Å². The Morgan fingerprint density at radius 3 is 1.88 bits per heavy atom. The van der Waals surface area contributed by atoms with Gasteiger partial charge in [-0.25, -0.2) is 4.79 Å². The van der Waals surface area contributed by atoms with Gasteiger partial charge in [0.15, 0.2) is 6.04 Å². The Balaban J connectivity index is 5.40. The molecule has 0 aliphatic carbocycles. The molecule has 0 aromatic heterocycles. The van der Waals surface area contributed by atoms with Crippen molar-refractivity contribution in [1.29, 1.82) is 0 Å². The van der Waals surface area contributed by atoms with Gasteiger partial charge < -0.3 is 37.6 Å². The molecule has 0 aliphatic heterocycles. The summed E-state index contributed by atoms with van der Waals surface area (Å²) in [4.78, 5) is 49.5. The van der Waals surface area contributed by atoms with E-state index in [1.54, 1.807) is 11.8 Å². The van der Waals surface area contributed by atoms with Crippen LogP contribution in [0.25, 0.3) is 0 Å². The molecule has 11 nitrogen and oxygen atoms in total. The summed E-state index contributed by atoms with van der Waals surface area (Å²) in [5.41, 5.74) is 11.4. The fourth-order valence-corrected chi connectivity index (χ4v) is 3.80. The molecule has 0 fully saturated rings. The Hall–Kier alpha value is -1.54. The highest BCUT2D eigenvalue weighted by molar-refractivity contribution is 7.98. The smallest absolute Gasteiger partial charge is 0.328 e. The molecular weight excluding hydrogens is 470 g/mol. The molecule has 5 atom stereocenters. The average molecular weight is 510 g/mol. The molecule has 9 N–H and O–H groups in total. The van der Waals surface area contributed by atoms with E-state index in [-0.39, 0.29) is 6.42 Å². The number of amides is 3. The van der Waals surface area contributed by atoms with Crippen LogP contribution in [0.4, 0.5) is 0 Å². The number of aliphatic hydroxyl groups is 1. The Morgan fingerprint density at radius 1 is 0.848 bits per heavy atom. The first-order chi connectivity index (χ1) is 15.6. The van der Waals surface area contributed by atoms with Crippen molar-refractivity contribution >= 4 is 47.2 Å². The van der Waals surface area contributed by atoms with Gasteiger partial charge in [-0.15, -0.1) is 0 Å². The number of carboxylic acids is 1. The van der Waals surface area contributed by atoms with E-state index in [2.05, 4.69) is 16.0 Å². The maximum absolute atomic E-state index is 13.0. The Morgan fingerprint density at radius 2 is 1.36 bits per heavy atom. The number of rotatable bonds is 18. The van der Waals surface area contributed by atoms with Crippen LogP contribution in [0, 0.1) is 0 Å². The molecule has 0 aromatic carbocycles. The molecule has 3 amide bonds. The third kappa shape index (κ3) is 13.1. The van der Waals surface area contributed by atoms with Crippen molar-refractivity contribution in [2.75, 3.05) is 30.6 Å². The van der Waals surface area contributed by atoms with Crippen molar-refractivity contribution in [1.82, 2.24) is 16.0 Å². The lowest BCUT2D eigenvalue weighted by Crippen LogP contribution is -2.58. The highest BCUT2D eigenvalue weighted by atomic mass is 32.2. The van der Waals surface area contributed by atoms with Gasteiger partial charge in [0.2, 0.25) is 17.7 Å². The van der Waals surface area contributed by atoms with E-state index in [0.717, 1.165) is 0 Å². The Bertz CT molecular complexity index is 626. The topological polar surface area (TPSA) is 197 Å². The normalized spacial score (nSPS) is 15.6. The summed E-state index contributed by atoms with van der Waals surface area (Å²) in [5, 5.41) is 26.4. The summed E-state index contributed by atoms with van der Waals surface area (Å²) in [7, 11) is 0. The largest absolute Gasteiger partial charge is 0.480 e. The van der Waals surface area contributed by atoms with Crippen LogP contribution >= 0.6 is 23.5 Å². The lowest BCUT2D eigenvalue weighted by atomic mass is 10.1. The maximum Gasteiger partial charge on any atom is 0.328 e. The summed E-state index contributed by atoms with van der Waals surface area (Å²) in [6.45, 7) is 1.68. The number of unbranched alkanes of at least 4 members (excludes halogenated alkanes) is 1.